The van der Waals surface area contributed by atoms with Crippen molar-refractivity contribution < 1.29 is 0 Å². The zero-order valence-electron chi connectivity index (χ0n) is 15.1. The van der Waals surface area contributed by atoms with E-state index in [0.717, 1.165) is 23.5 Å². The van der Waals surface area contributed by atoms with Crippen molar-refractivity contribution >= 4 is 28.7 Å². The second kappa shape index (κ2) is 7.58. The van der Waals surface area contributed by atoms with E-state index in [4.69, 9.17) is 12.2 Å². The van der Waals surface area contributed by atoms with Gasteiger partial charge in [0, 0.05) is 12.7 Å². The van der Waals surface area contributed by atoms with Crippen molar-refractivity contribution in [3.05, 3.63) is 76.2 Å². The summed E-state index contributed by atoms with van der Waals surface area (Å²) in [5, 5.41) is 6.67. The standard InChI is InChI=1S/C20H22N4OS/c1-4-15-10-8-9-13-17(15)21-20(26)22-18-14(2)23(3)24(19(18)25)16-11-6-5-7-12-16/h5-13H,4H2,1-3H3,(H2,21,22,26). The predicted molar refractivity (Wildman–Crippen MR) is 111 cm³/mol. The van der Waals surface area contributed by atoms with E-state index in [0.29, 0.717) is 10.8 Å². The van der Waals surface area contributed by atoms with Gasteiger partial charge in [-0.1, -0.05) is 43.3 Å². The zero-order valence-corrected chi connectivity index (χ0v) is 15.9. The third kappa shape index (κ3) is 3.41. The molecule has 3 aromatic rings. The van der Waals surface area contributed by atoms with Gasteiger partial charge in [0.1, 0.15) is 5.69 Å². The van der Waals surface area contributed by atoms with Gasteiger partial charge in [0.25, 0.3) is 5.56 Å². The maximum absolute atomic E-state index is 12.9. The van der Waals surface area contributed by atoms with Gasteiger partial charge in [-0.25, -0.2) is 4.68 Å². The summed E-state index contributed by atoms with van der Waals surface area (Å²) in [4.78, 5) is 12.9. The van der Waals surface area contributed by atoms with E-state index in [1.54, 1.807) is 4.68 Å². The molecule has 0 fully saturated rings. The summed E-state index contributed by atoms with van der Waals surface area (Å²) >= 11 is 5.43. The number of para-hydroxylation sites is 2. The molecule has 0 aliphatic carbocycles. The maximum Gasteiger partial charge on any atom is 0.295 e. The lowest BCUT2D eigenvalue weighted by Gasteiger charge is -2.12. The number of hydrogen-bond donors (Lipinski definition) is 2. The molecule has 0 unspecified atom stereocenters. The summed E-state index contributed by atoms with van der Waals surface area (Å²) in [5.41, 5.74) is 4.08. The highest BCUT2D eigenvalue weighted by Crippen LogP contribution is 2.17. The van der Waals surface area contributed by atoms with Crippen molar-refractivity contribution in [3.63, 3.8) is 0 Å². The number of nitrogens with zero attached hydrogens (tertiary/aromatic N) is 2. The minimum atomic E-state index is -0.135. The van der Waals surface area contributed by atoms with Crippen LogP contribution in [0.25, 0.3) is 5.69 Å². The summed E-state index contributed by atoms with van der Waals surface area (Å²) in [5.74, 6) is 0. The van der Waals surface area contributed by atoms with Crippen molar-refractivity contribution in [3.8, 4) is 5.69 Å². The highest BCUT2D eigenvalue weighted by Gasteiger charge is 2.17. The second-order valence-electron chi connectivity index (χ2n) is 6.03. The number of rotatable bonds is 4. The molecule has 0 amide bonds. The second-order valence-corrected chi connectivity index (χ2v) is 6.43. The Morgan fingerprint density at radius 1 is 1.04 bits per heavy atom. The molecule has 2 N–H and O–H groups in total. The van der Waals surface area contributed by atoms with Gasteiger partial charge in [0.05, 0.1) is 11.4 Å². The Kier molecular flexibility index (Phi) is 5.23. The topological polar surface area (TPSA) is 51.0 Å². The van der Waals surface area contributed by atoms with Crippen LogP contribution in [0.1, 0.15) is 18.2 Å². The molecule has 134 valence electrons. The molecule has 0 saturated carbocycles. The summed E-state index contributed by atoms with van der Waals surface area (Å²) in [6.45, 7) is 3.99. The van der Waals surface area contributed by atoms with Crippen LogP contribution in [0.15, 0.2) is 59.4 Å². The molecule has 1 aromatic heterocycles. The van der Waals surface area contributed by atoms with Crippen molar-refractivity contribution in [2.45, 2.75) is 20.3 Å². The monoisotopic (exact) mass is 366 g/mol. The van der Waals surface area contributed by atoms with E-state index < -0.39 is 0 Å². The number of aromatic nitrogens is 2. The predicted octanol–water partition coefficient (Wildman–Crippen LogP) is 3.86. The minimum Gasteiger partial charge on any atom is -0.332 e. The molecule has 0 bridgehead atoms. The number of thiocarbonyl (C=S) groups is 1. The van der Waals surface area contributed by atoms with Crippen LogP contribution in [0.4, 0.5) is 11.4 Å². The van der Waals surface area contributed by atoms with Crippen LogP contribution in [-0.4, -0.2) is 14.5 Å². The molecule has 0 radical (unpaired) electrons. The van der Waals surface area contributed by atoms with Gasteiger partial charge in [0.15, 0.2) is 5.11 Å². The Balaban J connectivity index is 1.89. The maximum atomic E-state index is 12.9. The fraction of sp³-hybridized carbons (Fsp3) is 0.200. The molecule has 26 heavy (non-hydrogen) atoms. The Bertz CT molecular complexity index is 989. The molecular formula is C20H22N4OS. The number of nitrogens with one attached hydrogen (secondary N) is 2. The van der Waals surface area contributed by atoms with Gasteiger partial charge in [-0.05, 0) is 49.3 Å². The van der Waals surface area contributed by atoms with E-state index in [1.165, 1.54) is 5.56 Å². The average molecular weight is 366 g/mol. The molecular weight excluding hydrogens is 344 g/mol. The third-order valence-electron chi connectivity index (χ3n) is 4.44. The van der Waals surface area contributed by atoms with Crippen LogP contribution < -0.4 is 16.2 Å². The molecule has 3 rings (SSSR count). The van der Waals surface area contributed by atoms with Crippen molar-refractivity contribution in [1.82, 2.24) is 9.36 Å². The van der Waals surface area contributed by atoms with Gasteiger partial charge >= 0.3 is 0 Å². The Morgan fingerprint density at radius 2 is 1.69 bits per heavy atom. The first-order valence-electron chi connectivity index (χ1n) is 8.52. The van der Waals surface area contributed by atoms with Crippen LogP contribution in [0.5, 0.6) is 0 Å². The van der Waals surface area contributed by atoms with Crippen LogP contribution in [0.3, 0.4) is 0 Å². The molecule has 6 heteroatoms. The van der Waals surface area contributed by atoms with Gasteiger partial charge in [-0.3, -0.25) is 9.48 Å². The Labute approximate surface area is 158 Å². The largest absolute Gasteiger partial charge is 0.332 e. The van der Waals surface area contributed by atoms with Crippen LogP contribution in [-0.2, 0) is 13.5 Å². The molecule has 0 saturated heterocycles. The van der Waals surface area contributed by atoms with Crippen molar-refractivity contribution in [2.75, 3.05) is 10.6 Å². The summed E-state index contributed by atoms with van der Waals surface area (Å²) in [6.07, 6.45) is 0.900. The third-order valence-corrected chi connectivity index (χ3v) is 4.64. The van der Waals surface area contributed by atoms with E-state index in [1.807, 2.05) is 67.2 Å². The van der Waals surface area contributed by atoms with Crippen molar-refractivity contribution in [1.29, 1.82) is 0 Å². The van der Waals surface area contributed by atoms with Crippen molar-refractivity contribution in [2.24, 2.45) is 7.05 Å². The quantitative estimate of drug-likeness (QED) is 0.689. The first-order valence-corrected chi connectivity index (χ1v) is 8.93. The van der Waals surface area contributed by atoms with E-state index in [-0.39, 0.29) is 5.56 Å². The summed E-state index contributed by atoms with van der Waals surface area (Å²) in [7, 11) is 1.86. The van der Waals surface area contributed by atoms with Crippen LogP contribution in [0.2, 0.25) is 0 Å². The average Bonchev–Trinajstić information content (AvgIpc) is 2.86. The van der Waals surface area contributed by atoms with Gasteiger partial charge in [-0.15, -0.1) is 0 Å². The highest BCUT2D eigenvalue weighted by atomic mass is 32.1. The highest BCUT2D eigenvalue weighted by molar-refractivity contribution is 7.80. The number of aryl methyl sites for hydroxylation is 1. The minimum absolute atomic E-state index is 0.135. The normalized spacial score (nSPS) is 10.6. The lowest BCUT2D eigenvalue weighted by molar-refractivity contribution is 0.630. The molecule has 5 nitrogen and oxygen atoms in total. The summed E-state index contributed by atoms with van der Waals surface area (Å²) < 4.78 is 3.45. The Hall–Kier alpha value is -2.86. The smallest absolute Gasteiger partial charge is 0.295 e. The van der Waals surface area contributed by atoms with Gasteiger partial charge in [0.2, 0.25) is 0 Å². The first kappa shape index (κ1) is 17.9. The summed E-state index contributed by atoms with van der Waals surface area (Å²) in [6, 6.07) is 17.5. The lowest BCUT2D eigenvalue weighted by Crippen LogP contribution is -2.25. The number of anilines is 2. The zero-order chi connectivity index (χ0) is 18.7. The van der Waals surface area contributed by atoms with E-state index >= 15 is 0 Å². The molecule has 2 aromatic carbocycles. The SMILES string of the molecule is CCc1ccccc1NC(=S)Nc1c(C)n(C)n(-c2ccccc2)c1=O. The lowest BCUT2D eigenvalue weighted by atomic mass is 10.1. The fourth-order valence-corrected chi connectivity index (χ4v) is 3.14. The number of benzene rings is 2. The fourth-order valence-electron chi connectivity index (χ4n) is 2.93. The van der Waals surface area contributed by atoms with Crippen LogP contribution >= 0.6 is 12.2 Å². The molecule has 0 aliphatic heterocycles. The van der Waals surface area contributed by atoms with E-state index in [2.05, 4.69) is 23.6 Å². The molecule has 0 atom stereocenters. The molecule has 1 heterocycles. The first-order chi connectivity index (χ1) is 12.5. The van der Waals surface area contributed by atoms with Gasteiger partial charge < -0.3 is 10.6 Å². The Morgan fingerprint density at radius 3 is 2.38 bits per heavy atom. The molecule has 0 aliphatic rings. The van der Waals surface area contributed by atoms with Crippen LogP contribution in [0, 0.1) is 6.92 Å². The molecule has 0 spiro atoms. The van der Waals surface area contributed by atoms with Gasteiger partial charge in [-0.2, -0.15) is 0 Å². The van der Waals surface area contributed by atoms with E-state index in [9.17, 15) is 4.79 Å². The number of hydrogen-bond acceptors (Lipinski definition) is 2.